The van der Waals surface area contributed by atoms with Gasteiger partial charge in [0.1, 0.15) is 6.79 Å². The van der Waals surface area contributed by atoms with Gasteiger partial charge in [0.25, 0.3) is 5.60 Å². The summed E-state index contributed by atoms with van der Waals surface area (Å²) in [5.74, 6) is -0.0987. The SMILES string of the molecule is C/C=C\c1cc(C(OCOC)(C(F)(F)F)C(F)(F)F)ccc1N1C[C@@H](C)N(C(=O)CBr)C[C@@H]1C. The second-order valence-electron chi connectivity index (χ2n) is 8.03. The van der Waals surface area contributed by atoms with Gasteiger partial charge in [-0.05, 0) is 38.5 Å². The Labute approximate surface area is 202 Å². The standard InChI is InChI=1S/C22H27BrF6N2O3/c1-5-6-16-9-17(20(21(24,25)26,22(27,28)29)34-13-33-4)7-8-18(16)30-11-15(3)31(12-14(30)2)19(32)10-23/h5-9,14-15H,10-13H2,1-4H3/b6-5-/t14-,15+/m0/s1. The number of halogens is 7. The monoisotopic (exact) mass is 560 g/mol. The van der Waals surface area contributed by atoms with Crippen LogP contribution in [-0.4, -0.2) is 67.6 Å². The molecule has 0 aliphatic carbocycles. The van der Waals surface area contributed by atoms with E-state index in [1.807, 2.05) is 18.7 Å². The van der Waals surface area contributed by atoms with Crippen molar-refractivity contribution in [3.05, 3.63) is 35.4 Å². The molecule has 1 aliphatic rings. The van der Waals surface area contributed by atoms with Crippen molar-refractivity contribution in [2.75, 3.05) is 37.2 Å². The van der Waals surface area contributed by atoms with Crippen LogP contribution in [-0.2, 0) is 19.9 Å². The van der Waals surface area contributed by atoms with E-state index in [9.17, 15) is 31.1 Å². The predicted molar refractivity (Wildman–Crippen MR) is 120 cm³/mol. The maximum atomic E-state index is 13.9. The molecular formula is C22H27BrF6N2O3. The largest absolute Gasteiger partial charge is 0.430 e. The summed E-state index contributed by atoms with van der Waals surface area (Å²) >= 11 is 3.15. The summed E-state index contributed by atoms with van der Waals surface area (Å²) in [5, 5.41) is 0.154. The molecule has 1 heterocycles. The molecule has 0 spiro atoms. The number of methoxy groups -OCH3 is 1. The van der Waals surface area contributed by atoms with E-state index < -0.39 is 30.3 Å². The molecule has 12 heteroatoms. The van der Waals surface area contributed by atoms with Crippen LogP contribution < -0.4 is 4.90 Å². The quantitative estimate of drug-likeness (QED) is 0.251. The summed E-state index contributed by atoms with van der Waals surface area (Å²) in [7, 11) is 0.939. The number of hydrogen-bond donors (Lipinski definition) is 0. The summed E-state index contributed by atoms with van der Waals surface area (Å²) in [6.45, 7) is 4.78. The number of ether oxygens (including phenoxy) is 2. The second-order valence-corrected chi connectivity index (χ2v) is 8.59. The van der Waals surface area contributed by atoms with Crippen LogP contribution >= 0.6 is 15.9 Å². The molecule has 1 aromatic rings. The third-order valence-electron chi connectivity index (χ3n) is 5.70. The number of piperazine rings is 1. The van der Waals surface area contributed by atoms with Crippen LogP contribution in [0.1, 0.15) is 31.9 Å². The molecule has 0 aromatic heterocycles. The molecule has 0 saturated carbocycles. The van der Waals surface area contributed by atoms with Crippen molar-refractivity contribution in [1.82, 2.24) is 4.90 Å². The molecule has 192 valence electrons. The first-order valence-electron chi connectivity index (χ1n) is 10.4. The van der Waals surface area contributed by atoms with Gasteiger partial charge in [0.2, 0.25) is 5.91 Å². The second kappa shape index (κ2) is 10.9. The van der Waals surface area contributed by atoms with Gasteiger partial charge in [-0.3, -0.25) is 4.79 Å². The lowest BCUT2D eigenvalue weighted by Gasteiger charge is -2.46. The number of benzene rings is 1. The van der Waals surface area contributed by atoms with Gasteiger partial charge >= 0.3 is 12.4 Å². The molecule has 1 aromatic carbocycles. The van der Waals surface area contributed by atoms with Crippen molar-refractivity contribution in [3.63, 3.8) is 0 Å². The fourth-order valence-corrected chi connectivity index (χ4v) is 4.44. The lowest BCUT2D eigenvalue weighted by atomic mass is 9.89. The maximum absolute atomic E-state index is 13.9. The Bertz CT molecular complexity index is 876. The highest BCUT2D eigenvalue weighted by Gasteiger charge is 2.73. The first-order chi connectivity index (χ1) is 15.7. The number of allylic oxidation sites excluding steroid dienone is 1. The van der Waals surface area contributed by atoms with Crippen LogP contribution in [0.15, 0.2) is 24.3 Å². The van der Waals surface area contributed by atoms with Crippen molar-refractivity contribution in [3.8, 4) is 0 Å². The van der Waals surface area contributed by atoms with Crippen LogP contribution in [0, 0.1) is 0 Å². The number of alkyl halides is 7. The fraction of sp³-hybridized carbons (Fsp3) is 0.591. The number of rotatable bonds is 7. The number of anilines is 1. The molecule has 0 radical (unpaired) electrons. The lowest BCUT2D eigenvalue weighted by molar-refractivity contribution is -0.400. The normalized spacial score (nSPS) is 20.3. The average Bonchev–Trinajstić information content (AvgIpc) is 2.73. The molecule has 1 amide bonds. The molecule has 0 bridgehead atoms. The summed E-state index contributed by atoms with van der Waals surface area (Å²) in [5.41, 5.74) is -5.05. The van der Waals surface area contributed by atoms with Crippen molar-refractivity contribution < 1.29 is 40.6 Å². The van der Waals surface area contributed by atoms with E-state index in [1.165, 1.54) is 18.2 Å². The summed E-state index contributed by atoms with van der Waals surface area (Å²) in [4.78, 5) is 15.7. The van der Waals surface area contributed by atoms with Crippen molar-refractivity contribution >= 4 is 33.6 Å². The van der Waals surface area contributed by atoms with E-state index in [1.54, 1.807) is 11.8 Å². The first kappa shape index (κ1) is 28.4. The molecule has 2 atom stereocenters. The van der Waals surface area contributed by atoms with Crippen molar-refractivity contribution in [1.29, 1.82) is 0 Å². The Morgan fingerprint density at radius 2 is 1.74 bits per heavy atom. The zero-order valence-electron chi connectivity index (χ0n) is 19.1. The topological polar surface area (TPSA) is 42.0 Å². The highest BCUT2D eigenvalue weighted by Crippen LogP contribution is 2.53. The van der Waals surface area contributed by atoms with E-state index in [0.29, 0.717) is 18.8 Å². The summed E-state index contributed by atoms with van der Waals surface area (Å²) in [6.07, 6.45) is -8.63. The maximum Gasteiger partial charge on any atom is 0.430 e. The minimum absolute atomic E-state index is 0.0987. The minimum atomic E-state index is -5.80. The average molecular weight is 561 g/mol. The van der Waals surface area contributed by atoms with Crippen molar-refractivity contribution in [2.24, 2.45) is 0 Å². The van der Waals surface area contributed by atoms with Gasteiger partial charge in [-0.25, -0.2) is 0 Å². The minimum Gasteiger partial charge on any atom is -0.365 e. The molecule has 0 unspecified atom stereocenters. The Morgan fingerprint density at radius 1 is 1.12 bits per heavy atom. The van der Waals surface area contributed by atoms with E-state index in [4.69, 9.17) is 0 Å². The molecule has 1 saturated heterocycles. The fourth-order valence-electron chi connectivity index (χ4n) is 4.12. The van der Waals surface area contributed by atoms with Gasteiger partial charge in [-0.15, -0.1) is 0 Å². The number of amides is 1. The van der Waals surface area contributed by atoms with E-state index in [0.717, 1.165) is 19.2 Å². The predicted octanol–water partition coefficient (Wildman–Crippen LogP) is 5.48. The van der Waals surface area contributed by atoms with Crippen LogP contribution in [0.3, 0.4) is 0 Å². The van der Waals surface area contributed by atoms with Crippen LogP contribution in [0.4, 0.5) is 32.0 Å². The zero-order valence-corrected chi connectivity index (χ0v) is 20.7. The highest BCUT2D eigenvalue weighted by molar-refractivity contribution is 9.09. The van der Waals surface area contributed by atoms with E-state index >= 15 is 0 Å². The Hall–Kier alpha value is -1.79. The van der Waals surface area contributed by atoms with Gasteiger partial charge in [-0.2, -0.15) is 26.3 Å². The zero-order chi connectivity index (χ0) is 25.9. The summed E-state index contributed by atoms with van der Waals surface area (Å²) in [6, 6.07) is 2.42. The molecule has 34 heavy (non-hydrogen) atoms. The number of hydrogen-bond acceptors (Lipinski definition) is 4. The van der Waals surface area contributed by atoms with Gasteiger partial charge in [0, 0.05) is 43.5 Å². The van der Waals surface area contributed by atoms with Gasteiger partial charge in [-0.1, -0.05) is 34.1 Å². The van der Waals surface area contributed by atoms with Crippen LogP contribution in [0.2, 0.25) is 0 Å². The molecule has 5 nitrogen and oxygen atoms in total. The molecular weight excluding hydrogens is 534 g/mol. The molecule has 1 aliphatic heterocycles. The first-order valence-corrected chi connectivity index (χ1v) is 11.5. The van der Waals surface area contributed by atoms with E-state index in [2.05, 4.69) is 25.4 Å². The van der Waals surface area contributed by atoms with Gasteiger partial charge < -0.3 is 19.3 Å². The smallest absolute Gasteiger partial charge is 0.365 e. The third-order valence-corrected chi connectivity index (χ3v) is 6.18. The molecule has 2 rings (SSSR count). The van der Waals surface area contributed by atoms with Gasteiger partial charge in [0.05, 0.1) is 5.33 Å². The Balaban J connectivity index is 2.62. The Morgan fingerprint density at radius 3 is 2.24 bits per heavy atom. The van der Waals surface area contributed by atoms with Gasteiger partial charge in [0.15, 0.2) is 0 Å². The number of nitrogens with zero attached hydrogens (tertiary/aromatic N) is 2. The third kappa shape index (κ3) is 5.38. The van der Waals surface area contributed by atoms with Crippen LogP contribution in [0.25, 0.3) is 6.08 Å². The lowest BCUT2D eigenvalue weighted by Crippen LogP contribution is -2.58. The molecule has 0 N–H and O–H groups in total. The highest BCUT2D eigenvalue weighted by atomic mass is 79.9. The van der Waals surface area contributed by atoms with E-state index in [-0.39, 0.29) is 28.9 Å². The summed E-state index contributed by atoms with van der Waals surface area (Å²) < 4.78 is 92.4. The van der Waals surface area contributed by atoms with Crippen molar-refractivity contribution in [2.45, 2.75) is 50.8 Å². The van der Waals surface area contributed by atoms with Crippen LogP contribution in [0.5, 0.6) is 0 Å². The number of carbonyl (C=O) groups is 1. The molecule has 1 fully saturated rings. The Kier molecular flexibility index (Phi) is 9.09. The number of carbonyl (C=O) groups excluding carboxylic acids is 1.